The van der Waals surface area contributed by atoms with Crippen LogP contribution in [-0.4, -0.2) is 47.4 Å². The second kappa shape index (κ2) is 16.2. The lowest BCUT2D eigenvalue weighted by Gasteiger charge is -2.31. The highest BCUT2D eigenvalue weighted by Gasteiger charge is 2.28. The number of aromatic nitrogens is 1. The number of fused-ring (bicyclic) bond motifs is 1. The van der Waals surface area contributed by atoms with Gasteiger partial charge in [0.05, 0.1) is 5.57 Å². The quantitative estimate of drug-likeness (QED) is 0.255. The van der Waals surface area contributed by atoms with Crippen molar-refractivity contribution in [1.82, 2.24) is 15.2 Å². The van der Waals surface area contributed by atoms with Crippen molar-refractivity contribution in [1.29, 1.82) is 0 Å². The summed E-state index contributed by atoms with van der Waals surface area (Å²) in [5, 5.41) is 5.46. The monoisotopic (exact) mass is 592 g/mol. The van der Waals surface area contributed by atoms with E-state index in [0.717, 1.165) is 42.0 Å². The van der Waals surface area contributed by atoms with E-state index in [0.29, 0.717) is 22.4 Å². The average molecular weight is 593 g/mol. The Morgan fingerprint density at radius 3 is 2.30 bits per heavy atom. The van der Waals surface area contributed by atoms with Crippen molar-refractivity contribution in [3.8, 4) is 11.1 Å². The summed E-state index contributed by atoms with van der Waals surface area (Å²) in [5.74, 6) is -2.05. The number of carbonyl (C=O) groups is 2. The molecule has 3 N–H and O–H groups in total. The van der Waals surface area contributed by atoms with Gasteiger partial charge >= 0.3 is 0 Å². The molecule has 0 radical (unpaired) electrons. The molecule has 2 amide bonds. The zero-order valence-electron chi connectivity index (χ0n) is 26.4. The third-order valence-corrected chi connectivity index (χ3v) is 7.78. The van der Waals surface area contributed by atoms with Gasteiger partial charge in [-0.2, -0.15) is 0 Å². The molecule has 1 fully saturated rings. The van der Waals surface area contributed by atoms with E-state index in [-0.39, 0.29) is 17.4 Å². The fourth-order valence-electron chi connectivity index (χ4n) is 5.29. The van der Waals surface area contributed by atoms with Gasteiger partial charge in [0.25, 0.3) is 5.91 Å². The Morgan fingerprint density at radius 2 is 1.72 bits per heavy atom. The van der Waals surface area contributed by atoms with E-state index in [9.17, 15) is 18.4 Å². The first-order valence-corrected chi connectivity index (χ1v) is 15.3. The minimum absolute atomic E-state index is 0.0573. The van der Waals surface area contributed by atoms with Gasteiger partial charge in [0.1, 0.15) is 0 Å². The maximum Gasteiger partial charge on any atom is 0.256 e. The molecule has 0 bridgehead atoms. The van der Waals surface area contributed by atoms with Crippen molar-refractivity contribution in [2.24, 2.45) is 0 Å². The summed E-state index contributed by atoms with van der Waals surface area (Å²) >= 11 is 0. The highest BCUT2D eigenvalue weighted by Crippen LogP contribution is 2.41. The van der Waals surface area contributed by atoms with Crippen LogP contribution in [0.4, 0.5) is 14.5 Å². The van der Waals surface area contributed by atoms with Crippen LogP contribution in [0.5, 0.6) is 0 Å². The number of rotatable bonds is 6. The zero-order chi connectivity index (χ0) is 31.5. The lowest BCUT2D eigenvalue weighted by molar-refractivity contribution is -0.119. The van der Waals surface area contributed by atoms with Crippen molar-refractivity contribution < 1.29 is 18.4 Å². The predicted octanol–water partition coefficient (Wildman–Crippen LogP) is 7.87. The van der Waals surface area contributed by atoms with Gasteiger partial charge in [0.2, 0.25) is 5.91 Å². The van der Waals surface area contributed by atoms with Crippen molar-refractivity contribution in [3.63, 3.8) is 0 Å². The van der Waals surface area contributed by atoms with Gasteiger partial charge < -0.3 is 20.5 Å². The van der Waals surface area contributed by atoms with Crippen LogP contribution in [0.1, 0.15) is 82.3 Å². The van der Waals surface area contributed by atoms with Gasteiger partial charge in [0.15, 0.2) is 11.6 Å². The highest BCUT2D eigenvalue weighted by atomic mass is 19.2. The summed E-state index contributed by atoms with van der Waals surface area (Å²) in [6, 6.07) is 12.0. The zero-order valence-corrected chi connectivity index (χ0v) is 26.4. The number of amides is 2. The van der Waals surface area contributed by atoms with E-state index in [1.54, 1.807) is 24.3 Å². The number of nitrogens with one attached hydrogen (secondary N) is 3. The van der Waals surface area contributed by atoms with E-state index in [2.05, 4.69) is 34.4 Å². The summed E-state index contributed by atoms with van der Waals surface area (Å²) in [7, 11) is 0. The number of halogens is 2. The number of H-pyrrole nitrogens is 1. The molecule has 5 rings (SSSR count). The highest BCUT2D eigenvalue weighted by molar-refractivity contribution is 6.36. The molecule has 1 unspecified atom stereocenters. The fourth-order valence-corrected chi connectivity index (χ4v) is 5.29. The minimum Gasteiger partial charge on any atom is -0.359 e. The molecule has 43 heavy (non-hydrogen) atoms. The molecule has 2 aliphatic rings. The Hall–Kier alpha value is -3.78. The lowest BCUT2D eigenvalue weighted by Crippen LogP contribution is -2.36. The number of aryl methyl sites for hydroxylation is 2. The number of piperidine rings is 1. The number of carbonyl (C=O) groups excluding carboxylic acids is 2. The third-order valence-electron chi connectivity index (χ3n) is 7.78. The van der Waals surface area contributed by atoms with Crippen molar-refractivity contribution in [2.75, 3.05) is 25.0 Å². The van der Waals surface area contributed by atoms with Crippen LogP contribution in [0.15, 0.2) is 42.5 Å². The minimum atomic E-state index is -0.925. The van der Waals surface area contributed by atoms with Gasteiger partial charge in [-0.05, 0) is 94.9 Å². The van der Waals surface area contributed by atoms with Crippen LogP contribution in [0.25, 0.3) is 22.8 Å². The van der Waals surface area contributed by atoms with E-state index in [1.807, 2.05) is 26.8 Å². The van der Waals surface area contributed by atoms with Crippen LogP contribution < -0.4 is 10.6 Å². The molecule has 1 saturated heterocycles. The van der Waals surface area contributed by atoms with Crippen molar-refractivity contribution in [2.45, 2.75) is 79.7 Å². The first kappa shape index (κ1) is 33.7. The maximum absolute atomic E-state index is 14.4. The maximum atomic E-state index is 14.4. The number of hydrogen-bond acceptors (Lipinski definition) is 3. The number of aromatic amines is 1. The van der Waals surface area contributed by atoms with Gasteiger partial charge in [0, 0.05) is 47.7 Å². The Balaban J connectivity index is 0.000000245. The molecule has 3 heterocycles. The largest absolute Gasteiger partial charge is 0.359 e. The summed E-state index contributed by atoms with van der Waals surface area (Å²) in [6.45, 7) is 15.5. The summed E-state index contributed by atoms with van der Waals surface area (Å²) < 4.78 is 28.1. The molecule has 8 heteroatoms. The summed E-state index contributed by atoms with van der Waals surface area (Å²) in [6.07, 6.45) is 8.37. The van der Waals surface area contributed by atoms with Gasteiger partial charge in [-0.1, -0.05) is 44.5 Å². The normalized spacial score (nSPS) is 15.9. The second-order valence-electron chi connectivity index (χ2n) is 11.2. The van der Waals surface area contributed by atoms with Crippen LogP contribution in [0.2, 0.25) is 0 Å². The Bertz CT molecular complexity index is 1420. The number of hydrogen-bond donors (Lipinski definition) is 3. The molecular weight excluding hydrogens is 546 g/mol. The molecule has 6 nitrogen and oxygen atoms in total. The second-order valence-corrected chi connectivity index (χ2v) is 11.2. The number of nitrogens with zero attached hydrogens (tertiary/aromatic N) is 1. The first-order valence-electron chi connectivity index (χ1n) is 15.3. The molecule has 2 aromatic carbocycles. The molecule has 0 saturated carbocycles. The number of likely N-dealkylation sites (tertiary alicyclic amines) is 1. The van der Waals surface area contributed by atoms with E-state index < -0.39 is 11.6 Å². The fraction of sp³-hybridized carbons (Fsp3) is 0.429. The van der Waals surface area contributed by atoms with E-state index >= 15 is 0 Å². The molecule has 232 valence electrons. The standard InChI is InChI=1S/C21H16F2N2O.C9H19N.C5H11NO/c1-11-9-12(2)24-18(11)10-15-19-13(5-4-8-17(19)25-21(15)26)14-6-3-7-16(22)20(14)23;1-3-9(2)10-7-5-4-6-8-10;1-3-4-6-5(2)7/h3-10,24H,1-2H3,(H,25,26);9H,3-8H2,1-2H3;3-4H2,1-2H3,(H,6,7)/b15-10-;;. The molecule has 2 aliphatic heterocycles. The van der Waals surface area contributed by atoms with E-state index in [4.69, 9.17) is 0 Å². The predicted molar refractivity (Wildman–Crippen MR) is 173 cm³/mol. The average Bonchev–Trinajstić information content (AvgIpc) is 3.50. The van der Waals surface area contributed by atoms with Crippen LogP contribution in [-0.2, 0) is 9.59 Å². The molecule has 3 aromatic rings. The third kappa shape index (κ3) is 9.10. The van der Waals surface area contributed by atoms with Crippen LogP contribution >= 0.6 is 0 Å². The summed E-state index contributed by atoms with van der Waals surface area (Å²) in [4.78, 5) is 28.4. The van der Waals surface area contributed by atoms with Crippen LogP contribution in [0.3, 0.4) is 0 Å². The van der Waals surface area contributed by atoms with Crippen molar-refractivity contribution >= 4 is 29.2 Å². The van der Waals surface area contributed by atoms with Gasteiger partial charge in [-0.15, -0.1) is 0 Å². The topological polar surface area (TPSA) is 77.2 Å². The first-order chi connectivity index (χ1) is 20.6. The van der Waals surface area contributed by atoms with Crippen molar-refractivity contribution in [3.05, 3.63) is 76.6 Å². The molecule has 0 spiro atoms. The number of anilines is 1. The van der Waals surface area contributed by atoms with Crippen LogP contribution in [0, 0.1) is 25.5 Å². The molecule has 0 aliphatic carbocycles. The Labute approximate surface area is 255 Å². The summed E-state index contributed by atoms with van der Waals surface area (Å²) in [5.41, 5.74) is 4.99. The smallest absolute Gasteiger partial charge is 0.256 e. The SMILES string of the molecule is CCC(C)N1CCCCC1.CCCNC(C)=O.Cc1cc(C)c(/C=C2\C(=O)Nc3cccc(-c4cccc(F)c4F)c32)[nH]1. The molecular formula is C35H46F2N4O2. The van der Waals surface area contributed by atoms with Gasteiger partial charge in [-0.25, -0.2) is 8.78 Å². The Morgan fingerprint density at radius 1 is 1.05 bits per heavy atom. The molecule has 1 aromatic heterocycles. The van der Waals surface area contributed by atoms with Gasteiger partial charge in [-0.3, -0.25) is 9.59 Å². The van der Waals surface area contributed by atoms with E-state index in [1.165, 1.54) is 57.8 Å². The number of benzene rings is 2. The Kier molecular flexibility index (Phi) is 12.7. The molecule has 1 atom stereocenters. The lowest BCUT2D eigenvalue weighted by atomic mass is 9.94.